The molecule has 6 heteroatoms. The highest BCUT2D eigenvalue weighted by atomic mass is 16.5. The van der Waals surface area contributed by atoms with Crippen LogP contribution in [0.2, 0.25) is 0 Å². The summed E-state index contributed by atoms with van der Waals surface area (Å²) in [6.45, 7) is 5.90. The van der Waals surface area contributed by atoms with Crippen molar-refractivity contribution in [3.8, 4) is 5.69 Å². The summed E-state index contributed by atoms with van der Waals surface area (Å²) in [5, 5.41) is 4.46. The molecule has 0 spiro atoms. The zero-order chi connectivity index (χ0) is 16.2. The molecule has 1 amide bonds. The average molecular weight is 314 g/mol. The van der Waals surface area contributed by atoms with Crippen LogP contribution < -0.4 is 0 Å². The third-order valence-corrected chi connectivity index (χ3v) is 4.13. The smallest absolute Gasteiger partial charge is 0.293 e. The van der Waals surface area contributed by atoms with Gasteiger partial charge in [0.25, 0.3) is 5.91 Å². The van der Waals surface area contributed by atoms with Gasteiger partial charge in [-0.15, -0.1) is 5.10 Å². The number of para-hydroxylation sites is 1. The zero-order valence-electron chi connectivity index (χ0n) is 13.6. The van der Waals surface area contributed by atoms with Gasteiger partial charge in [-0.25, -0.2) is 9.67 Å². The third-order valence-electron chi connectivity index (χ3n) is 4.13. The Hall–Kier alpha value is -2.21. The van der Waals surface area contributed by atoms with Gasteiger partial charge in [0.05, 0.1) is 12.3 Å². The number of hydrogen-bond acceptors (Lipinski definition) is 4. The molecule has 1 aliphatic rings. The second kappa shape index (κ2) is 6.91. The highest BCUT2D eigenvalue weighted by Gasteiger charge is 2.27. The highest BCUT2D eigenvalue weighted by Crippen LogP contribution is 2.15. The maximum Gasteiger partial charge on any atom is 0.293 e. The molecular weight excluding hydrogens is 292 g/mol. The van der Waals surface area contributed by atoms with E-state index in [4.69, 9.17) is 4.74 Å². The van der Waals surface area contributed by atoms with Gasteiger partial charge >= 0.3 is 0 Å². The van der Waals surface area contributed by atoms with Gasteiger partial charge in [0.15, 0.2) is 0 Å². The quantitative estimate of drug-likeness (QED) is 0.870. The van der Waals surface area contributed by atoms with Crippen molar-refractivity contribution in [2.24, 2.45) is 0 Å². The zero-order valence-corrected chi connectivity index (χ0v) is 13.6. The SMILES string of the molecule is CCc1nc(C(=O)N2CCOCC[C@@H]2C)nn1-c1ccccc1. The molecule has 1 saturated heterocycles. The van der Waals surface area contributed by atoms with E-state index in [0.29, 0.717) is 26.2 Å². The van der Waals surface area contributed by atoms with Gasteiger partial charge < -0.3 is 9.64 Å². The second-order valence-corrected chi connectivity index (χ2v) is 5.70. The Labute approximate surface area is 136 Å². The van der Waals surface area contributed by atoms with Crippen LogP contribution in [0.3, 0.4) is 0 Å². The van der Waals surface area contributed by atoms with E-state index in [2.05, 4.69) is 10.1 Å². The monoisotopic (exact) mass is 314 g/mol. The Balaban J connectivity index is 1.91. The molecule has 0 aliphatic carbocycles. The first kappa shape index (κ1) is 15.7. The number of rotatable bonds is 3. The third kappa shape index (κ3) is 3.27. The Bertz CT molecular complexity index is 668. The Kier molecular flexibility index (Phi) is 4.71. The van der Waals surface area contributed by atoms with Crippen molar-refractivity contribution < 1.29 is 9.53 Å². The predicted octanol–water partition coefficient (Wildman–Crippen LogP) is 2.08. The van der Waals surface area contributed by atoms with E-state index in [1.54, 1.807) is 4.68 Å². The first-order valence-electron chi connectivity index (χ1n) is 8.10. The standard InChI is InChI=1S/C17H22N4O2/c1-3-15-18-16(19-21(15)14-7-5-4-6-8-14)17(22)20-10-12-23-11-9-13(20)2/h4-8,13H,3,9-12H2,1-2H3/t13-/m0/s1. The predicted molar refractivity (Wildman–Crippen MR) is 86.7 cm³/mol. The number of ether oxygens (including phenoxy) is 1. The summed E-state index contributed by atoms with van der Waals surface area (Å²) in [6, 6.07) is 9.92. The number of aromatic nitrogens is 3. The van der Waals surface area contributed by atoms with Crippen LogP contribution in [0.5, 0.6) is 0 Å². The minimum absolute atomic E-state index is 0.118. The lowest BCUT2D eigenvalue weighted by Gasteiger charge is -2.24. The molecule has 1 aromatic carbocycles. The molecular formula is C17H22N4O2. The van der Waals surface area contributed by atoms with Crippen LogP contribution in [-0.4, -0.2) is 51.4 Å². The van der Waals surface area contributed by atoms with Crippen molar-refractivity contribution in [2.75, 3.05) is 19.8 Å². The van der Waals surface area contributed by atoms with Gasteiger partial charge in [-0.05, 0) is 25.5 Å². The minimum Gasteiger partial charge on any atom is -0.380 e. The summed E-state index contributed by atoms with van der Waals surface area (Å²) in [7, 11) is 0. The topological polar surface area (TPSA) is 60.3 Å². The van der Waals surface area contributed by atoms with E-state index in [1.165, 1.54) is 0 Å². The fourth-order valence-electron chi connectivity index (χ4n) is 2.77. The van der Waals surface area contributed by atoms with Gasteiger partial charge in [-0.1, -0.05) is 25.1 Å². The molecule has 0 radical (unpaired) electrons. The summed E-state index contributed by atoms with van der Waals surface area (Å²) in [5.41, 5.74) is 0.920. The molecule has 0 bridgehead atoms. The number of amides is 1. The van der Waals surface area contributed by atoms with E-state index in [0.717, 1.165) is 17.9 Å². The fourth-order valence-corrected chi connectivity index (χ4v) is 2.77. The lowest BCUT2D eigenvalue weighted by molar-refractivity contribution is 0.0675. The van der Waals surface area contributed by atoms with E-state index in [-0.39, 0.29) is 17.8 Å². The van der Waals surface area contributed by atoms with E-state index >= 15 is 0 Å². The molecule has 1 fully saturated rings. The number of aryl methyl sites for hydroxylation is 1. The fraction of sp³-hybridized carbons (Fsp3) is 0.471. The van der Waals surface area contributed by atoms with Gasteiger partial charge in [-0.3, -0.25) is 4.79 Å². The molecule has 1 atom stereocenters. The number of hydrogen-bond donors (Lipinski definition) is 0. The maximum absolute atomic E-state index is 12.8. The Morgan fingerprint density at radius 2 is 2.09 bits per heavy atom. The first-order valence-corrected chi connectivity index (χ1v) is 8.10. The molecule has 3 rings (SSSR count). The first-order chi connectivity index (χ1) is 11.2. The average Bonchev–Trinajstić information content (AvgIpc) is 2.91. The van der Waals surface area contributed by atoms with Gasteiger partial charge in [-0.2, -0.15) is 0 Å². The summed E-state index contributed by atoms with van der Waals surface area (Å²) in [6.07, 6.45) is 1.56. The maximum atomic E-state index is 12.8. The largest absolute Gasteiger partial charge is 0.380 e. The molecule has 2 aromatic rings. The highest BCUT2D eigenvalue weighted by molar-refractivity contribution is 5.90. The van der Waals surface area contributed by atoms with Crippen LogP contribution in [-0.2, 0) is 11.2 Å². The van der Waals surface area contributed by atoms with Gasteiger partial charge in [0.1, 0.15) is 5.82 Å². The van der Waals surface area contributed by atoms with Crippen molar-refractivity contribution in [1.82, 2.24) is 19.7 Å². The lowest BCUT2D eigenvalue weighted by Crippen LogP contribution is -2.39. The summed E-state index contributed by atoms with van der Waals surface area (Å²) in [5.74, 6) is 0.935. The second-order valence-electron chi connectivity index (χ2n) is 5.70. The molecule has 2 heterocycles. The van der Waals surface area contributed by atoms with Crippen molar-refractivity contribution >= 4 is 5.91 Å². The van der Waals surface area contributed by atoms with Crippen LogP contribution >= 0.6 is 0 Å². The summed E-state index contributed by atoms with van der Waals surface area (Å²) >= 11 is 0. The van der Waals surface area contributed by atoms with Crippen molar-refractivity contribution in [2.45, 2.75) is 32.7 Å². The van der Waals surface area contributed by atoms with Crippen LogP contribution in [0.15, 0.2) is 30.3 Å². The number of benzene rings is 1. The molecule has 23 heavy (non-hydrogen) atoms. The van der Waals surface area contributed by atoms with Gasteiger partial charge in [0.2, 0.25) is 5.82 Å². The van der Waals surface area contributed by atoms with E-state index < -0.39 is 0 Å². The molecule has 6 nitrogen and oxygen atoms in total. The Morgan fingerprint density at radius 1 is 1.30 bits per heavy atom. The van der Waals surface area contributed by atoms with Crippen LogP contribution in [0, 0.1) is 0 Å². The number of carbonyl (C=O) groups excluding carboxylic acids is 1. The number of nitrogens with zero attached hydrogens (tertiary/aromatic N) is 4. The normalized spacial score (nSPS) is 18.7. The van der Waals surface area contributed by atoms with Crippen LogP contribution in [0.4, 0.5) is 0 Å². The van der Waals surface area contributed by atoms with Crippen molar-refractivity contribution in [1.29, 1.82) is 0 Å². The molecule has 1 aromatic heterocycles. The van der Waals surface area contributed by atoms with Crippen LogP contribution in [0.1, 0.15) is 36.7 Å². The molecule has 122 valence electrons. The van der Waals surface area contributed by atoms with Crippen LogP contribution in [0.25, 0.3) is 5.69 Å². The number of carbonyl (C=O) groups is 1. The molecule has 0 N–H and O–H groups in total. The minimum atomic E-state index is -0.118. The summed E-state index contributed by atoms with van der Waals surface area (Å²) < 4.78 is 7.22. The van der Waals surface area contributed by atoms with E-state index in [9.17, 15) is 4.79 Å². The van der Waals surface area contributed by atoms with Crippen molar-refractivity contribution in [3.63, 3.8) is 0 Å². The molecule has 0 unspecified atom stereocenters. The van der Waals surface area contributed by atoms with E-state index in [1.807, 2.05) is 49.1 Å². The Morgan fingerprint density at radius 3 is 2.83 bits per heavy atom. The molecule has 0 saturated carbocycles. The summed E-state index contributed by atoms with van der Waals surface area (Å²) in [4.78, 5) is 19.1. The molecule has 1 aliphatic heterocycles. The van der Waals surface area contributed by atoms with Crippen molar-refractivity contribution in [3.05, 3.63) is 42.0 Å². The van der Waals surface area contributed by atoms with Gasteiger partial charge in [0, 0.05) is 25.6 Å². The lowest BCUT2D eigenvalue weighted by atomic mass is 10.2.